The monoisotopic (exact) mass is 327 g/mol. The third-order valence-corrected chi connectivity index (χ3v) is 6.54. The topological polar surface area (TPSA) is 86.5 Å². The molecule has 2 fully saturated rings. The zero-order chi connectivity index (χ0) is 15.7. The number of rotatable bonds is 2. The Hall–Kier alpha value is -1.99. The van der Waals surface area contributed by atoms with Gasteiger partial charge in [-0.25, -0.2) is 4.98 Å². The predicted molar refractivity (Wildman–Crippen MR) is 89.4 cm³/mol. The van der Waals surface area contributed by atoms with E-state index in [0.29, 0.717) is 10.6 Å². The van der Waals surface area contributed by atoms with Crippen molar-refractivity contribution in [3.63, 3.8) is 0 Å². The first kappa shape index (κ1) is 13.4. The van der Waals surface area contributed by atoms with Crippen LogP contribution in [0.4, 0.5) is 0 Å². The number of H-pyrrole nitrogens is 2. The molecule has 0 unspecified atom stereocenters. The van der Waals surface area contributed by atoms with E-state index in [1.807, 2.05) is 13.0 Å². The third-order valence-electron chi connectivity index (χ3n) is 5.39. The highest BCUT2D eigenvalue weighted by Gasteiger charge is 2.56. The molecule has 1 saturated carbocycles. The average Bonchev–Trinajstić information content (AvgIpc) is 3.01. The van der Waals surface area contributed by atoms with E-state index in [1.54, 1.807) is 6.20 Å². The second-order valence-corrected chi connectivity index (χ2v) is 7.72. The molecule has 3 aromatic heterocycles. The largest absolute Gasteiger partial charge is 0.308 e. The van der Waals surface area contributed by atoms with Crippen LogP contribution in [0.1, 0.15) is 24.5 Å². The predicted octanol–water partition coefficient (Wildman–Crippen LogP) is 2.21. The van der Waals surface area contributed by atoms with E-state index in [4.69, 9.17) is 4.98 Å². The Morgan fingerprint density at radius 1 is 1.39 bits per heavy atom. The Labute approximate surface area is 136 Å². The molecule has 7 heteroatoms. The molecule has 1 saturated heterocycles. The molecule has 5 rings (SSSR count). The molecule has 1 aliphatic carbocycles. The van der Waals surface area contributed by atoms with Gasteiger partial charge in [0.25, 0.3) is 5.56 Å². The summed E-state index contributed by atoms with van der Waals surface area (Å²) in [7, 11) is 0. The maximum absolute atomic E-state index is 12.5. The minimum Gasteiger partial charge on any atom is -0.308 e. The maximum Gasteiger partial charge on any atom is 0.268 e. The lowest BCUT2D eigenvalue weighted by atomic mass is 10.1. The lowest BCUT2D eigenvalue weighted by Crippen LogP contribution is -2.24. The van der Waals surface area contributed by atoms with Crippen molar-refractivity contribution in [2.75, 3.05) is 6.54 Å². The molecule has 0 radical (unpaired) electrons. The van der Waals surface area contributed by atoms with Crippen LogP contribution in [0.5, 0.6) is 0 Å². The summed E-state index contributed by atoms with van der Waals surface area (Å²) in [4.78, 5) is 21.3. The Kier molecular flexibility index (Phi) is 2.64. The Balaban J connectivity index is 1.62. The van der Waals surface area contributed by atoms with E-state index < -0.39 is 0 Å². The fourth-order valence-corrected chi connectivity index (χ4v) is 5.03. The number of hydrogen-bond acceptors (Lipinski definition) is 5. The van der Waals surface area contributed by atoms with Gasteiger partial charge in [0.1, 0.15) is 10.5 Å². The molecule has 0 aromatic carbocycles. The molecule has 0 spiro atoms. The highest BCUT2D eigenvalue weighted by atomic mass is 32.1. The molecule has 6 nitrogen and oxygen atoms in total. The number of hydrogen-bond donors (Lipinski definition) is 3. The standard InChI is InChI=1S/C16H17N5OS/c1-6-8-4-17-13(12(6)8)15-19-10-3-11(9-5-18-21-7(9)2)23-14(10)16(22)20-15/h3,5-6,8,12-13,17H,4H2,1-2H3,(H,18,21)(H,19,20,22)/t6-,8+,12-,13+/m0/s1. The van der Waals surface area contributed by atoms with Gasteiger partial charge in [-0.05, 0) is 37.3 Å². The van der Waals surface area contributed by atoms with Crippen LogP contribution in [-0.2, 0) is 0 Å². The zero-order valence-electron chi connectivity index (χ0n) is 12.9. The zero-order valence-corrected chi connectivity index (χ0v) is 13.7. The fourth-order valence-electron chi connectivity index (χ4n) is 3.97. The Morgan fingerprint density at radius 2 is 2.26 bits per heavy atom. The van der Waals surface area contributed by atoms with E-state index >= 15 is 0 Å². The van der Waals surface area contributed by atoms with Crippen LogP contribution in [0.15, 0.2) is 17.1 Å². The molecular weight excluding hydrogens is 310 g/mol. The molecular formula is C16H17N5OS. The van der Waals surface area contributed by atoms with Gasteiger partial charge < -0.3 is 10.3 Å². The summed E-state index contributed by atoms with van der Waals surface area (Å²) in [6.45, 7) is 5.29. The summed E-state index contributed by atoms with van der Waals surface area (Å²) in [6.07, 6.45) is 1.80. The van der Waals surface area contributed by atoms with Crippen LogP contribution in [0.2, 0.25) is 0 Å². The van der Waals surface area contributed by atoms with E-state index in [1.165, 1.54) is 11.3 Å². The number of thiophene rings is 1. The first-order valence-electron chi connectivity index (χ1n) is 7.91. The molecule has 23 heavy (non-hydrogen) atoms. The summed E-state index contributed by atoms with van der Waals surface area (Å²) in [5.41, 5.74) is 2.77. The molecule has 118 valence electrons. The van der Waals surface area contributed by atoms with Crippen molar-refractivity contribution >= 4 is 21.6 Å². The van der Waals surface area contributed by atoms with Crippen molar-refractivity contribution in [1.82, 2.24) is 25.5 Å². The third kappa shape index (κ3) is 1.86. The smallest absolute Gasteiger partial charge is 0.268 e. The molecule has 0 bridgehead atoms. The van der Waals surface area contributed by atoms with Gasteiger partial charge in [-0.3, -0.25) is 9.89 Å². The number of aromatic amines is 2. The van der Waals surface area contributed by atoms with Crippen LogP contribution < -0.4 is 10.9 Å². The fraction of sp³-hybridized carbons (Fsp3) is 0.438. The van der Waals surface area contributed by atoms with Gasteiger partial charge in [-0.15, -0.1) is 11.3 Å². The number of nitrogens with one attached hydrogen (secondary N) is 3. The minimum absolute atomic E-state index is 0.0408. The van der Waals surface area contributed by atoms with Crippen molar-refractivity contribution < 1.29 is 0 Å². The maximum atomic E-state index is 12.5. The summed E-state index contributed by atoms with van der Waals surface area (Å²) < 4.78 is 0.683. The van der Waals surface area contributed by atoms with Crippen molar-refractivity contribution in [3.05, 3.63) is 34.1 Å². The SMILES string of the molecule is Cc1[nH]ncc1-c1cc2nc([C@@H]3NC[C@@H]4[C@H](C)[C@@H]43)[nH]c(=O)c2s1. The molecule has 3 N–H and O–H groups in total. The Bertz CT molecular complexity index is 970. The summed E-state index contributed by atoms with van der Waals surface area (Å²) >= 11 is 1.47. The van der Waals surface area contributed by atoms with E-state index in [0.717, 1.165) is 45.9 Å². The first-order valence-corrected chi connectivity index (χ1v) is 8.72. The van der Waals surface area contributed by atoms with Gasteiger partial charge in [-0.2, -0.15) is 5.10 Å². The Morgan fingerprint density at radius 3 is 2.96 bits per heavy atom. The first-order chi connectivity index (χ1) is 11.1. The number of fused-ring (bicyclic) bond motifs is 2. The number of piperidine rings is 1. The molecule has 0 amide bonds. The average molecular weight is 327 g/mol. The van der Waals surface area contributed by atoms with E-state index in [9.17, 15) is 4.79 Å². The minimum atomic E-state index is -0.0408. The molecule has 4 heterocycles. The number of aryl methyl sites for hydroxylation is 1. The highest BCUT2D eigenvalue weighted by molar-refractivity contribution is 7.22. The van der Waals surface area contributed by atoms with Crippen LogP contribution >= 0.6 is 11.3 Å². The summed E-state index contributed by atoms with van der Waals surface area (Å²) in [6, 6.07) is 2.19. The van der Waals surface area contributed by atoms with E-state index in [2.05, 4.69) is 27.4 Å². The number of aromatic nitrogens is 4. The lowest BCUT2D eigenvalue weighted by molar-refractivity contribution is 0.488. The molecule has 4 atom stereocenters. The van der Waals surface area contributed by atoms with Crippen LogP contribution in [0.25, 0.3) is 20.7 Å². The van der Waals surface area contributed by atoms with Gasteiger partial charge in [-0.1, -0.05) is 6.92 Å². The van der Waals surface area contributed by atoms with Gasteiger partial charge in [0.05, 0.1) is 17.8 Å². The van der Waals surface area contributed by atoms with E-state index in [-0.39, 0.29) is 11.6 Å². The number of nitrogens with zero attached hydrogens (tertiary/aromatic N) is 2. The molecule has 3 aromatic rings. The summed E-state index contributed by atoms with van der Waals surface area (Å²) in [5.74, 6) is 2.87. The van der Waals surface area contributed by atoms with Crippen molar-refractivity contribution in [3.8, 4) is 10.4 Å². The van der Waals surface area contributed by atoms with Gasteiger partial charge in [0.15, 0.2) is 0 Å². The lowest BCUT2D eigenvalue weighted by Gasteiger charge is -2.13. The van der Waals surface area contributed by atoms with Crippen molar-refractivity contribution in [2.45, 2.75) is 19.9 Å². The molecule has 1 aliphatic heterocycles. The van der Waals surface area contributed by atoms with Gasteiger partial charge >= 0.3 is 0 Å². The highest BCUT2D eigenvalue weighted by Crippen LogP contribution is 2.56. The second kappa shape index (κ2) is 4.52. The quantitative estimate of drug-likeness (QED) is 0.673. The molecule has 2 aliphatic rings. The normalized spacial score (nSPS) is 29.1. The van der Waals surface area contributed by atoms with Crippen LogP contribution in [0, 0.1) is 24.7 Å². The second-order valence-electron chi connectivity index (χ2n) is 6.67. The van der Waals surface area contributed by atoms with Crippen molar-refractivity contribution in [2.24, 2.45) is 17.8 Å². The van der Waals surface area contributed by atoms with Crippen molar-refractivity contribution in [1.29, 1.82) is 0 Å². The summed E-state index contributed by atoms with van der Waals surface area (Å²) in [5, 5.41) is 10.5. The van der Waals surface area contributed by atoms with Gasteiger partial charge in [0, 0.05) is 16.1 Å². The van der Waals surface area contributed by atoms with Crippen LogP contribution in [0.3, 0.4) is 0 Å². The van der Waals surface area contributed by atoms with Crippen LogP contribution in [-0.4, -0.2) is 26.7 Å². The van der Waals surface area contributed by atoms with Gasteiger partial charge in [0.2, 0.25) is 0 Å².